The van der Waals surface area contributed by atoms with Gasteiger partial charge in [0.05, 0.1) is 0 Å². The molecule has 5 nitrogen and oxygen atoms in total. The van der Waals surface area contributed by atoms with Crippen molar-refractivity contribution >= 4 is 11.6 Å². The molecule has 1 aromatic carbocycles. The number of aromatic nitrogens is 2. The summed E-state index contributed by atoms with van der Waals surface area (Å²) in [6.07, 6.45) is 0. The highest BCUT2D eigenvalue weighted by atomic mass is 35.5. The van der Waals surface area contributed by atoms with Crippen molar-refractivity contribution in [1.29, 1.82) is 0 Å². The van der Waals surface area contributed by atoms with Gasteiger partial charge in [0.15, 0.2) is 6.61 Å². The summed E-state index contributed by atoms with van der Waals surface area (Å²) in [7, 11) is 0. The maximum absolute atomic E-state index is 6.03. The fourth-order valence-electron chi connectivity index (χ4n) is 1.79. The van der Waals surface area contributed by atoms with E-state index in [9.17, 15) is 0 Å². The summed E-state index contributed by atoms with van der Waals surface area (Å²) in [4.78, 5) is 4.29. The lowest BCUT2D eigenvalue weighted by Crippen LogP contribution is -2.13. The molecule has 0 aliphatic carbocycles. The molecule has 0 spiro atoms. The van der Waals surface area contributed by atoms with Crippen LogP contribution < -0.4 is 10.1 Å². The first-order chi connectivity index (χ1) is 10.1. The summed E-state index contributed by atoms with van der Waals surface area (Å²) >= 11 is 6.03. The van der Waals surface area contributed by atoms with E-state index in [1.54, 1.807) is 0 Å². The molecule has 0 unspecified atom stereocenters. The van der Waals surface area contributed by atoms with Gasteiger partial charge in [0.1, 0.15) is 5.75 Å². The molecule has 0 fully saturated rings. The molecule has 2 rings (SSSR count). The second kappa shape index (κ2) is 7.43. The molecule has 1 N–H and O–H groups in total. The van der Waals surface area contributed by atoms with Crippen LogP contribution in [0.25, 0.3) is 0 Å². The van der Waals surface area contributed by atoms with Crippen molar-refractivity contribution in [2.24, 2.45) is 0 Å². The summed E-state index contributed by atoms with van der Waals surface area (Å²) in [6, 6.07) is 5.57. The van der Waals surface area contributed by atoms with Crippen molar-refractivity contribution in [1.82, 2.24) is 15.5 Å². The van der Waals surface area contributed by atoms with Gasteiger partial charge in [0, 0.05) is 23.0 Å². The van der Waals surface area contributed by atoms with E-state index in [-0.39, 0.29) is 12.5 Å². The van der Waals surface area contributed by atoms with Gasteiger partial charge in [-0.15, -0.1) is 0 Å². The van der Waals surface area contributed by atoms with Crippen LogP contribution in [0.1, 0.15) is 44.0 Å². The highest BCUT2D eigenvalue weighted by Gasteiger charge is 2.11. The smallest absolute Gasteiger partial charge is 0.229 e. The molecule has 0 atom stereocenters. The zero-order valence-corrected chi connectivity index (χ0v) is 13.3. The molecular formula is C15H20ClN3O2. The monoisotopic (exact) mass is 309 g/mol. The van der Waals surface area contributed by atoms with Crippen LogP contribution in [0, 0.1) is 0 Å². The molecule has 1 aromatic heterocycles. The molecule has 0 aliphatic heterocycles. The molecule has 6 heteroatoms. The van der Waals surface area contributed by atoms with Gasteiger partial charge in [0.2, 0.25) is 11.7 Å². The molecule has 0 bridgehead atoms. The van der Waals surface area contributed by atoms with Gasteiger partial charge in [0.25, 0.3) is 0 Å². The lowest BCUT2D eigenvalue weighted by molar-refractivity contribution is 0.281. The van der Waals surface area contributed by atoms with E-state index in [1.165, 1.54) is 0 Å². The van der Waals surface area contributed by atoms with Crippen LogP contribution in [0.5, 0.6) is 5.75 Å². The Balaban J connectivity index is 2.04. The largest absolute Gasteiger partial charge is 0.485 e. The summed E-state index contributed by atoms with van der Waals surface area (Å²) in [6.45, 7) is 7.93. The number of nitrogens with zero attached hydrogens (tertiary/aromatic N) is 2. The van der Waals surface area contributed by atoms with Gasteiger partial charge in [-0.1, -0.05) is 37.5 Å². The van der Waals surface area contributed by atoms with Crippen LogP contribution in [-0.4, -0.2) is 16.7 Å². The number of halogens is 1. The molecule has 21 heavy (non-hydrogen) atoms. The molecule has 0 radical (unpaired) electrons. The Morgan fingerprint density at radius 3 is 2.86 bits per heavy atom. The molecule has 114 valence electrons. The standard InChI is InChI=1S/C15H20ClN3O2/c1-4-17-8-11-7-12(16)5-6-13(11)20-9-14-18-15(10(2)3)21-19-14/h5-7,10,17H,4,8-9H2,1-3H3. The van der Waals surface area contributed by atoms with E-state index in [0.717, 1.165) is 17.9 Å². The number of ether oxygens (including phenoxy) is 1. The minimum atomic E-state index is 0.214. The third-order valence-corrected chi connectivity index (χ3v) is 3.16. The Hall–Kier alpha value is -1.59. The van der Waals surface area contributed by atoms with Crippen LogP contribution in [0.3, 0.4) is 0 Å². The fourth-order valence-corrected chi connectivity index (χ4v) is 1.98. The average molecular weight is 310 g/mol. The number of hydrogen-bond donors (Lipinski definition) is 1. The summed E-state index contributed by atoms with van der Waals surface area (Å²) in [5, 5.41) is 7.86. The molecule has 0 saturated heterocycles. The minimum Gasteiger partial charge on any atom is -0.485 e. The Morgan fingerprint density at radius 2 is 2.19 bits per heavy atom. The van der Waals surface area contributed by atoms with Gasteiger partial charge < -0.3 is 14.6 Å². The van der Waals surface area contributed by atoms with Crippen molar-refractivity contribution in [3.63, 3.8) is 0 Å². The predicted octanol–water partition coefficient (Wildman–Crippen LogP) is 3.53. The maximum atomic E-state index is 6.03. The van der Waals surface area contributed by atoms with Crippen LogP contribution >= 0.6 is 11.6 Å². The van der Waals surface area contributed by atoms with Gasteiger partial charge >= 0.3 is 0 Å². The topological polar surface area (TPSA) is 60.2 Å². The van der Waals surface area contributed by atoms with E-state index in [4.69, 9.17) is 20.9 Å². The second-order valence-electron chi connectivity index (χ2n) is 5.02. The van der Waals surface area contributed by atoms with Crippen molar-refractivity contribution in [3.05, 3.63) is 40.5 Å². The number of benzene rings is 1. The highest BCUT2D eigenvalue weighted by Crippen LogP contribution is 2.23. The predicted molar refractivity (Wildman–Crippen MR) is 81.6 cm³/mol. The Labute approximate surface area is 129 Å². The molecule has 1 heterocycles. The maximum Gasteiger partial charge on any atom is 0.229 e. The summed E-state index contributed by atoms with van der Waals surface area (Å²) < 4.78 is 10.9. The van der Waals surface area contributed by atoms with Crippen molar-refractivity contribution in [3.8, 4) is 5.75 Å². The van der Waals surface area contributed by atoms with Crippen molar-refractivity contribution < 1.29 is 9.26 Å². The van der Waals surface area contributed by atoms with Gasteiger partial charge in [-0.25, -0.2) is 0 Å². The highest BCUT2D eigenvalue weighted by molar-refractivity contribution is 6.30. The van der Waals surface area contributed by atoms with Crippen molar-refractivity contribution in [2.75, 3.05) is 6.54 Å². The number of nitrogens with one attached hydrogen (secondary N) is 1. The zero-order valence-electron chi connectivity index (χ0n) is 12.5. The fraction of sp³-hybridized carbons (Fsp3) is 0.467. The summed E-state index contributed by atoms with van der Waals surface area (Å²) in [5.74, 6) is 2.16. The van der Waals surface area contributed by atoms with E-state index in [2.05, 4.69) is 22.4 Å². The molecule has 0 saturated carbocycles. The number of rotatable bonds is 7. The first-order valence-electron chi connectivity index (χ1n) is 7.04. The van der Waals surface area contributed by atoms with Gasteiger partial charge in [-0.3, -0.25) is 0 Å². The normalized spacial score (nSPS) is 11.1. The summed E-state index contributed by atoms with van der Waals surface area (Å²) in [5.41, 5.74) is 1.01. The Morgan fingerprint density at radius 1 is 1.38 bits per heavy atom. The third-order valence-electron chi connectivity index (χ3n) is 2.92. The van der Waals surface area contributed by atoms with E-state index in [1.807, 2.05) is 32.0 Å². The van der Waals surface area contributed by atoms with Gasteiger partial charge in [-0.2, -0.15) is 4.98 Å². The molecular weight excluding hydrogens is 290 g/mol. The zero-order chi connectivity index (χ0) is 15.2. The van der Waals surface area contributed by atoms with Crippen LogP contribution in [0.4, 0.5) is 0 Å². The lowest BCUT2D eigenvalue weighted by Gasteiger charge is -2.11. The first-order valence-corrected chi connectivity index (χ1v) is 7.42. The van der Waals surface area contributed by atoms with E-state index < -0.39 is 0 Å². The minimum absolute atomic E-state index is 0.214. The molecule has 0 aliphatic rings. The quantitative estimate of drug-likeness (QED) is 0.847. The van der Waals surface area contributed by atoms with Crippen LogP contribution in [0.2, 0.25) is 5.02 Å². The third kappa shape index (κ3) is 4.44. The first kappa shape index (κ1) is 15.8. The van der Waals surface area contributed by atoms with E-state index >= 15 is 0 Å². The Bertz CT molecular complexity index is 584. The SMILES string of the molecule is CCNCc1cc(Cl)ccc1OCc1noc(C(C)C)n1. The number of hydrogen-bond acceptors (Lipinski definition) is 5. The molecule has 0 amide bonds. The lowest BCUT2D eigenvalue weighted by atomic mass is 10.2. The average Bonchev–Trinajstić information content (AvgIpc) is 2.93. The molecule has 2 aromatic rings. The van der Waals surface area contributed by atoms with E-state index in [0.29, 0.717) is 23.3 Å². The Kier molecular flexibility index (Phi) is 5.59. The van der Waals surface area contributed by atoms with Crippen LogP contribution in [0.15, 0.2) is 22.7 Å². The van der Waals surface area contributed by atoms with Crippen molar-refractivity contribution in [2.45, 2.75) is 39.8 Å². The second-order valence-corrected chi connectivity index (χ2v) is 5.46. The van der Waals surface area contributed by atoms with Gasteiger partial charge in [-0.05, 0) is 24.7 Å². The van der Waals surface area contributed by atoms with Crippen LogP contribution in [-0.2, 0) is 13.2 Å².